The zero-order valence-corrected chi connectivity index (χ0v) is 10.4. The Labute approximate surface area is 96.4 Å². The Hall–Kier alpha value is -0.310. The number of carbonyl (C=O) groups excluding carboxylic acids is 1. The topological polar surface area (TPSA) is 182 Å². The van der Waals surface area contributed by atoms with Crippen molar-refractivity contribution < 1.29 is 38.6 Å². The highest BCUT2D eigenvalue weighted by Crippen LogP contribution is 2.40. The lowest BCUT2D eigenvalue weighted by Crippen LogP contribution is -2.46. The lowest BCUT2D eigenvalue weighted by molar-refractivity contribution is -0.132. The maximum atomic E-state index is 11.4. The molecule has 0 aliphatic rings. The maximum Gasteiger partial charge on any atom is 0.344 e. The van der Waals surface area contributed by atoms with Crippen molar-refractivity contribution in [2.45, 2.75) is 6.04 Å². The van der Waals surface area contributed by atoms with Crippen LogP contribution in [0.2, 0.25) is 0 Å². The number of hydrogen-bond acceptors (Lipinski definition) is 5. The molecular weight excluding hydrogens is 278 g/mol. The number of aliphatic hydroxyl groups is 1. The van der Waals surface area contributed by atoms with Crippen molar-refractivity contribution in [1.82, 2.24) is 4.90 Å². The number of rotatable bonds is 6. The molecule has 0 unspecified atom stereocenters. The van der Waals surface area contributed by atoms with Gasteiger partial charge in [-0.3, -0.25) is 13.9 Å². The molecule has 0 bridgehead atoms. The van der Waals surface area contributed by atoms with Gasteiger partial charge in [-0.25, -0.2) is 0 Å². The van der Waals surface area contributed by atoms with Gasteiger partial charge in [-0.05, 0) is 0 Å². The average molecular weight is 292 g/mol. The van der Waals surface area contributed by atoms with Crippen molar-refractivity contribution in [3.63, 3.8) is 0 Å². The highest BCUT2D eigenvalue weighted by molar-refractivity contribution is 7.52. The number of nitrogens with two attached hydrogens (primary N) is 1. The second kappa shape index (κ2) is 6.03. The summed E-state index contributed by atoms with van der Waals surface area (Å²) in [7, 11) is -9.37. The number of aliphatic hydroxyl groups excluding tert-OH is 1. The van der Waals surface area contributed by atoms with Gasteiger partial charge in [-0.1, -0.05) is 0 Å². The van der Waals surface area contributed by atoms with Crippen LogP contribution < -0.4 is 5.73 Å². The van der Waals surface area contributed by atoms with Gasteiger partial charge < -0.3 is 35.3 Å². The van der Waals surface area contributed by atoms with Crippen molar-refractivity contribution in [2.75, 3.05) is 19.2 Å². The van der Waals surface area contributed by atoms with E-state index in [4.69, 9.17) is 30.4 Å². The van der Waals surface area contributed by atoms with Crippen LogP contribution in [0.1, 0.15) is 0 Å². The van der Waals surface area contributed by atoms with E-state index in [-0.39, 0.29) is 4.90 Å². The molecule has 0 radical (unpaired) electrons. The number of nitrogens with zero attached hydrogens (tertiary/aromatic N) is 1. The quantitative estimate of drug-likeness (QED) is 0.286. The Kier molecular flexibility index (Phi) is 5.92. The Morgan fingerprint density at radius 3 is 1.71 bits per heavy atom. The highest BCUT2D eigenvalue weighted by Gasteiger charge is 2.31. The van der Waals surface area contributed by atoms with E-state index in [1.807, 2.05) is 0 Å². The zero-order chi connectivity index (χ0) is 13.9. The predicted molar refractivity (Wildman–Crippen MR) is 55.7 cm³/mol. The van der Waals surface area contributed by atoms with Crippen LogP contribution in [-0.2, 0) is 13.9 Å². The van der Waals surface area contributed by atoms with E-state index in [1.54, 1.807) is 0 Å². The van der Waals surface area contributed by atoms with Crippen molar-refractivity contribution in [2.24, 2.45) is 5.73 Å². The highest BCUT2D eigenvalue weighted by atomic mass is 31.2. The van der Waals surface area contributed by atoms with E-state index in [0.717, 1.165) is 0 Å². The first-order valence-corrected chi connectivity index (χ1v) is 7.80. The normalized spacial score (nSPS) is 14.5. The van der Waals surface area contributed by atoms with Gasteiger partial charge >= 0.3 is 15.2 Å². The summed E-state index contributed by atoms with van der Waals surface area (Å²) in [4.78, 5) is 46.2. The lowest BCUT2D eigenvalue weighted by atomic mass is 10.3. The van der Waals surface area contributed by atoms with Crippen LogP contribution in [0.25, 0.3) is 0 Å². The summed E-state index contributed by atoms with van der Waals surface area (Å²) in [5, 5.41) is 8.59. The Balaban J connectivity index is 4.92. The summed E-state index contributed by atoms with van der Waals surface area (Å²) >= 11 is 0. The van der Waals surface area contributed by atoms with E-state index >= 15 is 0 Å². The molecular formula is C5H14N2O8P2. The van der Waals surface area contributed by atoms with Crippen LogP contribution in [0.4, 0.5) is 0 Å². The maximum absolute atomic E-state index is 11.4. The fourth-order valence-corrected chi connectivity index (χ4v) is 2.47. The predicted octanol–water partition coefficient (Wildman–Crippen LogP) is -2.59. The minimum absolute atomic E-state index is 0.239. The Morgan fingerprint density at radius 1 is 1.12 bits per heavy atom. The van der Waals surface area contributed by atoms with E-state index in [1.165, 1.54) is 0 Å². The van der Waals surface area contributed by atoms with E-state index in [0.29, 0.717) is 0 Å². The van der Waals surface area contributed by atoms with E-state index < -0.39 is 46.3 Å². The summed E-state index contributed by atoms with van der Waals surface area (Å²) < 4.78 is 21.4. The first kappa shape index (κ1) is 16.7. The van der Waals surface area contributed by atoms with Gasteiger partial charge in [-0.2, -0.15) is 0 Å². The van der Waals surface area contributed by atoms with Crippen LogP contribution in [0.15, 0.2) is 0 Å². The summed E-state index contributed by atoms with van der Waals surface area (Å²) in [6.45, 7) is -0.808. The molecule has 0 aromatic carbocycles. The standard InChI is InChI=1S/C5H14N2O8P2/c6-4(1-8)5(9)7(2-16(10,11)12)3-17(13,14)15/h4,8H,1-3,6H2,(H2,10,11,12)(H2,13,14,15)/t4-/m0/s1. The molecule has 0 aliphatic heterocycles. The van der Waals surface area contributed by atoms with Crippen LogP contribution in [0, 0.1) is 0 Å². The van der Waals surface area contributed by atoms with Crippen LogP contribution in [0.5, 0.6) is 0 Å². The zero-order valence-electron chi connectivity index (χ0n) is 8.58. The third-order valence-corrected chi connectivity index (χ3v) is 2.96. The monoisotopic (exact) mass is 292 g/mol. The van der Waals surface area contributed by atoms with Gasteiger partial charge in [0.15, 0.2) is 0 Å². The second-order valence-corrected chi connectivity index (χ2v) is 6.50. The minimum atomic E-state index is -4.69. The van der Waals surface area contributed by atoms with Crippen molar-refractivity contribution in [1.29, 1.82) is 0 Å². The first-order valence-electron chi connectivity index (χ1n) is 4.20. The van der Waals surface area contributed by atoms with Gasteiger partial charge in [0.2, 0.25) is 5.91 Å². The molecule has 1 amide bonds. The van der Waals surface area contributed by atoms with Gasteiger partial charge in [0.05, 0.1) is 6.61 Å². The van der Waals surface area contributed by atoms with Gasteiger partial charge in [0, 0.05) is 0 Å². The average Bonchev–Trinajstić information content (AvgIpc) is 2.09. The molecule has 0 aromatic heterocycles. The molecule has 0 aliphatic carbocycles. The SMILES string of the molecule is N[C@@H](CO)C(=O)N(CP(=O)(O)O)CP(=O)(O)O. The molecule has 0 aromatic rings. The Morgan fingerprint density at radius 2 is 1.47 bits per heavy atom. The van der Waals surface area contributed by atoms with Crippen LogP contribution in [0.3, 0.4) is 0 Å². The van der Waals surface area contributed by atoms with Gasteiger partial charge in [-0.15, -0.1) is 0 Å². The molecule has 0 heterocycles. The molecule has 1 atom stereocenters. The number of carbonyl (C=O) groups is 1. The van der Waals surface area contributed by atoms with E-state index in [9.17, 15) is 13.9 Å². The summed E-state index contributed by atoms with van der Waals surface area (Å²) in [5.41, 5.74) is 5.11. The van der Waals surface area contributed by atoms with Crippen LogP contribution >= 0.6 is 15.2 Å². The third-order valence-electron chi connectivity index (χ3n) is 1.54. The molecule has 0 saturated heterocycles. The van der Waals surface area contributed by atoms with Crippen molar-refractivity contribution in [3.8, 4) is 0 Å². The summed E-state index contributed by atoms with van der Waals surface area (Å²) in [6.07, 6.45) is -2.35. The van der Waals surface area contributed by atoms with Gasteiger partial charge in [0.1, 0.15) is 18.6 Å². The molecule has 10 nitrogen and oxygen atoms in total. The molecule has 0 saturated carbocycles. The second-order valence-electron chi connectivity index (χ2n) is 3.28. The third kappa shape index (κ3) is 7.58. The smallest absolute Gasteiger partial charge is 0.344 e. The number of hydrogen-bond donors (Lipinski definition) is 6. The molecule has 17 heavy (non-hydrogen) atoms. The van der Waals surface area contributed by atoms with Crippen molar-refractivity contribution in [3.05, 3.63) is 0 Å². The number of amides is 1. The fourth-order valence-electron chi connectivity index (χ4n) is 0.941. The molecule has 0 rings (SSSR count). The van der Waals surface area contributed by atoms with Crippen molar-refractivity contribution >= 4 is 21.1 Å². The summed E-state index contributed by atoms with van der Waals surface area (Å²) in [5.74, 6) is -1.15. The molecule has 0 fully saturated rings. The Bertz CT molecular complexity index is 337. The van der Waals surface area contributed by atoms with Gasteiger partial charge in [0.25, 0.3) is 0 Å². The summed E-state index contributed by atoms with van der Waals surface area (Å²) in [6, 6.07) is -1.49. The largest absolute Gasteiger partial charge is 0.394 e. The first-order chi connectivity index (χ1) is 7.46. The molecule has 102 valence electrons. The van der Waals surface area contributed by atoms with Crippen LogP contribution in [-0.4, -0.2) is 60.7 Å². The molecule has 12 heteroatoms. The minimum Gasteiger partial charge on any atom is -0.394 e. The fraction of sp³-hybridized carbons (Fsp3) is 0.800. The molecule has 7 N–H and O–H groups in total. The van der Waals surface area contributed by atoms with E-state index in [2.05, 4.69) is 0 Å². The molecule has 0 spiro atoms. The lowest BCUT2D eigenvalue weighted by Gasteiger charge is -2.25.